The van der Waals surface area contributed by atoms with Gasteiger partial charge in [-0.05, 0) is 67.3 Å². The minimum atomic E-state index is -0.817. The van der Waals surface area contributed by atoms with Crippen LogP contribution in [-0.2, 0) is 9.53 Å². The van der Waals surface area contributed by atoms with Gasteiger partial charge in [-0.3, -0.25) is 4.79 Å². The lowest BCUT2D eigenvalue weighted by atomic mass is 9.88. The van der Waals surface area contributed by atoms with Crippen LogP contribution in [0.5, 0.6) is 0 Å². The quantitative estimate of drug-likeness (QED) is 0.358. The highest BCUT2D eigenvalue weighted by Gasteiger charge is 2.25. The topological polar surface area (TPSA) is 61.8 Å². The fourth-order valence-corrected chi connectivity index (χ4v) is 4.85. The van der Waals surface area contributed by atoms with E-state index in [0.717, 1.165) is 60.8 Å². The van der Waals surface area contributed by atoms with E-state index in [2.05, 4.69) is 35.3 Å². The molecule has 1 unspecified atom stereocenters. The van der Waals surface area contributed by atoms with Crippen LogP contribution in [0.2, 0.25) is 5.02 Å². The molecule has 34 heavy (non-hydrogen) atoms. The first kappa shape index (κ1) is 24.1. The molecule has 0 bridgehead atoms. The first-order valence-electron chi connectivity index (χ1n) is 11.8. The van der Waals surface area contributed by atoms with Crippen molar-refractivity contribution >= 4 is 34.6 Å². The number of nitrogens with zero attached hydrogens (tertiary/aromatic N) is 1. The molecule has 4 rings (SSSR count). The zero-order chi connectivity index (χ0) is 23.9. The molecule has 1 heterocycles. The van der Waals surface area contributed by atoms with Crippen molar-refractivity contribution in [2.75, 3.05) is 30.0 Å². The highest BCUT2D eigenvalue weighted by molar-refractivity contribution is 6.30. The summed E-state index contributed by atoms with van der Waals surface area (Å²) in [6.07, 6.45) is 2.00. The largest absolute Gasteiger partial charge is 0.481 e. The van der Waals surface area contributed by atoms with E-state index in [1.807, 2.05) is 54.6 Å². The molecule has 1 aliphatic rings. The Bertz CT molecular complexity index is 1080. The van der Waals surface area contributed by atoms with Crippen molar-refractivity contribution in [3.8, 4) is 0 Å². The van der Waals surface area contributed by atoms with Gasteiger partial charge in [-0.2, -0.15) is 0 Å². The Kier molecular flexibility index (Phi) is 8.09. The second kappa shape index (κ2) is 11.4. The number of nitrogens with one attached hydrogen (secondary N) is 1. The second-order valence-corrected chi connectivity index (χ2v) is 9.04. The molecular weight excluding hydrogens is 448 g/mol. The Labute approximate surface area is 206 Å². The van der Waals surface area contributed by atoms with E-state index in [9.17, 15) is 9.90 Å². The maximum atomic E-state index is 11.7. The molecule has 0 aliphatic carbocycles. The minimum Gasteiger partial charge on any atom is -0.481 e. The summed E-state index contributed by atoms with van der Waals surface area (Å²) in [6, 6.07) is 24.2. The standard InChI is InChI=1S/C28H31ClN2O3/c1-2-31(24-14-16-34-17-15-24)27-13-8-21(18-26(27)30-23-11-9-22(29)10-12-23)25(19-28(32)33)20-6-4-3-5-7-20/h3-13,18,24-25,30H,2,14-17,19H2,1H3,(H,32,33). The number of rotatable bonds is 9. The number of carbonyl (C=O) groups is 1. The predicted octanol–water partition coefficient (Wildman–Crippen LogP) is 6.70. The lowest BCUT2D eigenvalue weighted by Gasteiger charge is -2.37. The van der Waals surface area contributed by atoms with Gasteiger partial charge in [0.15, 0.2) is 0 Å². The highest BCUT2D eigenvalue weighted by Crippen LogP contribution is 2.37. The molecule has 1 saturated heterocycles. The van der Waals surface area contributed by atoms with Crippen molar-refractivity contribution in [2.24, 2.45) is 0 Å². The van der Waals surface area contributed by atoms with Gasteiger partial charge in [0.25, 0.3) is 0 Å². The molecule has 3 aromatic rings. The number of hydrogen-bond donors (Lipinski definition) is 2. The Hall–Kier alpha value is -3.02. The number of ether oxygens (including phenoxy) is 1. The number of anilines is 3. The highest BCUT2D eigenvalue weighted by atomic mass is 35.5. The van der Waals surface area contributed by atoms with Crippen LogP contribution < -0.4 is 10.2 Å². The van der Waals surface area contributed by atoms with E-state index >= 15 is 0 Å². The number of carboxylic acids is 1. The molecule has 0 aromatic heterocycles. The summed E-state index contributed by atoms with van der Waals surface area (Å²) in [5.74, 6) is -1.06. The fraction of sp³-hybridized carbons (Fsp3) is 0.321. The molecule has 0 amide bonds. The van der Waals surface area contributed by atoms with Crippen molar-refractivity contribution in [3.05, 3.63) is 88.9 Å². The van der Waals surface area contributed by atoms with Gasteiger partial charge in [0.1, 0.15) is 0 Å². The molecule has 0 radical (unpaired) electrons. The van der Waals surface area contributed by atoms with Gasteiger partial charge in [-0.15, -0.1) is 0 Å². The molecular formula is C28H31ClN2O3. The summed E-state index contributed by atoms with van der Waals surface area (Å²) in [5.41, 5.74) is 4.96. The molecule has 2 N–H and O–H groups in total. The Morgan fingerprint density at radius 1 is 1.06 bits per heavy atom. The van der Waals surface area contributed by atoms with Gasteiger partial charge < -0.3 is 20.1 Å². The lowest BCUT2D eigenvalue weighted by molar-refractivity contribution is -0.137. The average molecular weight is 479 g/mol. The van der Waals surface area contributed by atoms with Crippen molar-refractivity contribution in [2.45, 2.75) is 38.1 Å². The molecule has 5 nitrogen and oxygen atoms in total. The van der Waals surface area contributed by atoms with E-state index in [1.54, 1.807) is 0 Å². The van der Waals surface area contributed by atoms with Gasteiger partial charge in [0, 0.05) is 42.4 Å². The molecule has 6 heteroatoms. The summed E-state index contributed by atoms with van der Waals surface area (Å²) < 4.78 is 5.59. The molecule has 1 fully saturated rings. The molecule has 0 saturated carbocycles. The van der Waals surface area contributed by atoms with Gasteiger partial charge >= 0.3 is 5.97 Å². The van der Waals surface area contributed by atoms with Crippen molar-refractivity contribution in [1.29, 1.82) is 0 Å². The van der Waals surface area contributed by atoms with Crippen molar-refractivity contribution < 1.29 is 14.6 Å². The molecule has 0 spiro atoms. The summed E-state index contributed by atoms with van der Waals surface area (Å²) >= 11 is 6.10. The maximum absolute atomic E-state index is 11.7. The van der Waals surface area contributed by atoms with Crippen LogP contribution >= 0.6 is 11.6 Å². The predicted molar refractivity (Wildman–Crippen MR) is 139 cm³/mol. The third kappa shape index (κ3) is 5.91. The Morgan fingerprint density at radius 3 is 2.41 bits per heavy atom. The molecule has 1 atom stereocenters. The number of halogens is 1. The molecule has 3 aromatic carbocycles. The molecule has 1 aliphatic heterocycles. The molecule has 178 valence electrons. The summed E-state index contributed by atoms with van der Waals surface area (Å²) in [7, 11) is 0. The van der Waals surface area contributed by atoms with E-state index in [4.69, 9.17) is 16.3 Å². The number of hydrogen-bond acceptors (Lipinski definition) is 4. The Morgan fingerprint density at radius 2 is 1.76 bits per heavy atom. The van der Waals surface area contributed by atoms with Gasteiger partial charge in [-0.25, -0.2) is 0 Å². The fourth-order valence-electron chi connectivity index (χ4n) is 4.72. The monoisotopic (exact) mass is 478 g/mol. The Balaban J connectivity index is 1.76. The van der Waals surface area contributed by atoms with E-state index in [-0.39, 0.29) is 12.3 Å². The summed E-state index contributed by atoms with van der Waals surface area (Å²) in [6.45, 7) is 4.59. The van der Waals surface area contributed by atoms with Crippen molar-refractivity contribution in [3.63, 3.8) is 0 Å². The number of carboxylic acid groups (broad SMARTS) is 1. The normalized spacial score (nSPS) is 15.0. The number of aliphatic carboxylic acids is 1. The van der Waals surface area contributed by atoms with Crippen LogP contribution in [0.1, 0.15) is 43.2 Å². The van der Waals surface area contributed by atoms with Crippen LogP contribution in [0.3, 0.4) is 0 Å². The first-order chi connectivity index (χ1) is 16.5. The maximum Gasteiger partial charge on any atom is 0.304 e. The smallest absolute Gasteiger partial charge is 0.304 e. The zero-order valence-electron chi connectivity index (χ0n) is 19.4. The minimum absolute atomic E-state index is 0.0290. The summed E-state index contributed by atoms with van der Waals surface area (Å²) in [4.78, 5) is 14.2. The van der Waals surface area contributed by atoms with Gasteiger partial charge in [-0.1, -0.05) is 48.0 Å². The van der Waals surface area contributed by atoms with Crippen LogP contribution in [0.15, 0.2) is 72.8 Å². The van der Waals surface area contributed by atoms with Gasteiger partial charge in [0.2, 0.25) is 0 Å². The second-order valence-electron chi connectivity index (χ2n) is 8.60. The van der Waals surface area contributed by atoms with Crippen LogP contribution in [-0.4, -0.2) is 36.9 Å². The third-order valence-electron chi connectivity index (χ3n) is 6.41. The van der Waals surface area contributed by atoms with Crippen LogP contribution in [0, 0.1) is 0 Å². The van der Waals surface area contributed by atoms with E-state index in [1.165, 1.54) is 0 Å². The van der Waals surface area contributed by atoms with Crippen LogP contribution in [0.4, 0.5) is 17.1 Å². The van der Waals surface area contributed by atoms with Crippen molar-refractivity contribution in [1.82, 2.24) is 0 Å². The van der Waals surface area contributed by atoms with E-state index in [0.29, 0.717) is 11.1 Å². The third-order valence-corrected chi connectivity index (χ3v) is 6.66. The van der Waals surface area contributed by atoms with E-state index < -0.39 is 5.97 Å². The lowest BCUT2D eigenvalue weighted by Crippen LogP contribution is -2.39. The van der Waals surface area contributed by atoms with Gasteiger partial charge in [0.05, 0.1) is 17.8 Å². The average Bonchev–Trinajstić information content (AvgIpc) is 2.86. The first-order valence-corrected chi connectivity index (χ1v) is 12.2. The zero-order valence-corrected chi connectivity index (χ0v) is 20.2. The summed E-state index contributed by atoms with van der Waals surface area (Å²) in [5, 5.41) is 13.9. The van der Waals surface area contributed by atoms with Crippen LogP contribution in [0.25, 0.3) is 0 Å². The SMILES string of the molecule is CCN(c1ccc(C(CC(=O)O)c2ccccc2)cc1Nc1ccc(Cl)cc1)C1CCOCC1. The number of benzene rings is 3.